The van der Waals surface area contributed by atoms with Crippen LogP contribution in [-0.4, -0.2) is 28.9 Å². The maximum Gasteiger partial charge on any atom is 0.253 e. The Bertz CT molecular complexity index is 893. The summed E-state index contributed by atoms with van der Waals surface area (Å²) in [6, 6.07) is 26.3. The lowest BCUT2D eigenvalue weighted by Crippen LogP contribution is -2.39. The zero-order chi connectivity index (χ0) is 18.5. The molecule has 2 aromatic carbocycles. The van der Waals surface area contributed by atoms with Gasteiger partial charge in [-0.1, -0.05) is 54.6 Å². The van der Waals surface area contributed by atoms with E-state index in [-0.39, 0.29) is 5.91 Å². The quantitative estimate of drug-likeness (QED) is 0.679. The Morgan fingerprint density at radius 3 is 2.44 bits per heavy atom. The topological polar surface area (TPSA) is 33.2 Å². The van der Waals surface area contributed by atoms with E-state index in [0.717, 1.165) is 49.3 Å². The van der Waals surface area contributed by atoms with Gasteiger partial charge in [0.1, 0.15) is 0 Å². The largest absolute Gasteiger partial charge is 0.338 e. The number of carbonyl (C=O) groups excluding carboxylic acids is 1. The second-order valence-corrected chi connectivity index (χ2v) is 7.17. The van der Waals surface area contributed by atoms with Gasteiger partial charge in [0.15, 0.2) is 0 Å². The van der Waals surface area contributed by atoms with Crippen LogP contribution in [0.2, 0.25) is 0 Å². The molecule has 0 unspecified atom stereocenters. The van der Waals surface area contributed by atoms with E-state index in [1.54, 1.807) is 0 Å². The van der Waals surface area contributed by atoms with Crippen LogP contribution in [0.25, 0.3) is 0 Å². The fourth-order valence-corrected chi connectivity index (χ4v) is 3.80. The summed E-state index contributed by atoms with van der Waals surface area (Å²) in [6.07, 6.45) is 2.95. The van der Waals surface area contributed by atoms with E-state index >= 15 is 0 Å². The molecule has 1 aliphatic rings. The van der Waals surface area contributed by atoms with E-state index in [9.17, 15) is 4.79 Å². The van der Waals surface area contributed by atoms with Crippen LogP contribution < -0.4 is 0 Å². The first kappa shape index (κ1) is 17.5. The minimum atomic E-state index is 0.126. The fraction of sp³-hybridized carbons (Fsp3) is 0.250. The van der Waals surface area contributed by atoms with E-state index in [1.807, 2.05) is 41.3 Å². The van der Waals surface area contributed by atoms with E-state index in [1.165, 1.54) is 5.56 Å². The van der Waals surface area contributed by atoms with Gasteiger partial charge in [0.05, 0.1) is 0 Å². The van der Waals surface area contributed by atoms with Crippen molar-refractivity contribution in [3.8, 4) is 0 Å². The second-order valence-electron chi connectivity index (χ2n) is 7.17. The van der Waals surface area contributed by atoms with Gasteiger partial charge in [0.2, 0.25) is 0 Å². The monoisotopic (exact) mass is 356 g/mol. The van der Waals surface area contributed by atoms with Crippen LogP contribution in [0.5, 0.6) is 0 Å². The Balaban J connectivity index is 1.48. The van der Waals surface area contributed by atoms with Gasteiger partial charge in [0.25, 0.3) is 5.91 Å². The van der Waals surface area contributed by atoms with Crippen molar-refractivity contribution in [1.82, 2.24) is 9.88 Å². The Hall–Kier alpha value is -2.94. The molecule has 0 saturated carbocycles. The van der Waals surface area contributed by atoms with Crippen LogP contribution >= 0.6 is 0 Å². The van der Waals surface area contributed by atoms with Crippen molar-refractivity contribution in [2.75, 3.05) is 13.1 Å². The number of hydrogen-bond donors (Lipinski definition) is 0. The van der Waals surface area contributed by atoms with Crippen LogP contribution in [0.3, 0.4) is 0 Å². The summed E-state index contributed by atoms with van der Waals surface area (Å²) in [5.74, 6) is 0.433. The number of hydrogen-bond acceptors (Lipinski definition) is 2. The number of benzene rings is 2. The van der Waals surface area contributed by atoms with Crippen molar-refractivity contribution < 1.29 is 4.79 Å². The van der Waals surface area contributed by atoms with E-state index in [4.69, 9.17) is 4.98 Å². The fourth-order valence-electron chi connectivity index (χ4n) is 3.80. The first-order valence-electron chi connectivity index (χ1n) is 9.64. The lowest BCUT2D eigenvalue weighted by atomic mass is 9.93. The van der Waals surface area contributed by atoms with Crippen molar-refractivity contribution in [1.29, 1.82) is 0 Å². The van der Waals surface area contributed by atoms with E-state index in [0.29, 0.717) is 5.92 Å². The molecule has 4 rings (SSSR count). The van der Waals surface area contributed by atoms with E-state index < -0.39 is 0 Å². The standard InChI is InChI=1S/C24H24N2O/c27-24(20-11-5-2-6-12-20)26-16-8-13-21(18-26)23-15-7-14-22(25-23)17-19-9-3-1-4-10-19/h1-7,9-12,14-15,21H,8,13,16-18H2/t21-/m0/s1. The molecule has 0 bridgehead atoms. The lowest BCUT2D eigenvalue weighted by Gasteiger charge is -2.32. The number of likely N-dealkylation sites (tertiary alicyclic amines) is 1. The molecule has 0 aliphatic carbocycles. The summed E-state index contributed by atoms with van der Waals surface area (Å²) in [5.41, 5.74) is 4.23. The number of aromatic nitrogens is 1. The predicted molar refractivity (Wildman–Crippen MR) is 108 cm³/mol. The zero-order valence-corrected chi connectivity index (χ0v) is 15.4. The molecule has 27 heavy (non-hydrogen) atoms. The third-order valence-electron chi connectivity index (χ3n) is 5.20. The van der Waals surface area contributed by atoms with Crippen molar-refractivity contribution in [2.24, 2.45) is 0 Å². The van der Waals surface area contributed by atoms with Crippen LogP contribution in [0.4, 0.5) is 0 Å². The van der Waals surface area contributed by atoms with Crippen LogP contribution in [-0.2, 0) is 6.42 Å². The first-order chi connectivity index (χ1) is 13.3. The third kappa shape index (κ3) is 4.25. The lowest BCUT2D eigenvalue weighted by molar-refractivity contribution is 0.0706. The summed E-state index contributed by atoms with van der Waals surface area (Å²) in [6.45, 7) is 1.57. The van der Waals surface area contributed by atoms with Crippen LogP contribution in [0.1, 0.15) is 46.1 Å². The average Bonchev–Trinajstić information content (AvgIpc) is 2.75. The van der Waals surface area contributed by atoms with E-state index in [2.05, 4.69) is 42.5 Å². The molecule has 0 spiro atoms. The maximum atomic E-state index is 12.8. The van der Waals surface area contributed by atoms with Gasteiger partial charge in [0, 0.05) is 42.4 Å². The molecule has 1 amide bonds. The molecule has 0 radical (unpaired) electrons. The van der Waals surface area contributed by atoms with Crippen molar-refractivity contribution >= 4 is 5.91 Å². The highest BCUT2D eigenvalue weighted by atomic mass is 16.2. The van der Waals surface area contributed by atoms with Gasteiger partial charge in [-0.25, -0.2) is 0 Å². The molecule has 136 valence electrons. The van der Waals surface area contributed by atoms with Gasteiger partial charge in [-0.3, -0.25) is 9.78 Å². The molecule has 2 heterocycles. The number of pyridine rings is 1. The molecular weight excluding hydrogens is 332 g/mol. The summed E-state index contributed by atoms with van der Waals surface area (Å²) in [4.78, 5) is 19.7. The van der Waals surface area contributed by atoms with Gasteiger partial charge in [-0.15, -0.1) is 0 Å². The summed E-state index contributed by atoms with van der Waals surface area (Å²) in [5, 5.41) is 0. The Kier molecular flexibility index (Phi) is 5.29. The van der Waals surface area contributed by atoms with Gasteiger partial charge < -0.3 is 4.90 Å². The Morgan fingerprint density at radius 1 is 0.926 bits per heavy atom. The van der Waals surface area contributed by atoms with Crippen molar-refractivity contribution in [3.05, 3.63) is 101 Å². The van der Waals surface area contributed by atoms with Gasteiger partial charge in [-0.05, 0) is 42.7 Å². The number of piperidine rings is 1. The smallest absolute Gasteiger partial charge is 0.253 e. The molecule has 1 saturated heterocycles. The zero-order valence-electron chi connectivity index (χ0n) is 15.4. The normalized spacial score (nSPS) is 16.9. The maximum absolute atomic E-state index is 12.8. The molecule has 1 aliphatic heterocycles. The van der Waals surface area contributed by atoms with Gasteiger partial charge >= 0.3 is 0 Å². The minimum absolute atomic E-state index is 0.126. The number of rotatable bonds is 4. The van der Waals surface area contributed by atoms with Crippen LogP contribution in [0, 0.1) is 0 Å². The Labute approximate surface area is 160 Å². The molecule has 1 fully saturated rings. The minimum Gasteiger partial charge on any atom is -0.338 e. The highest BCUT2D eigenvalue weighted by Crippen LogP contribution is 2.27. The number of carbonyl (C=O) groups is 1. The number of nitrogens with zero attached hydrogens (tertiary/aromatic N) is 2. The molecular formula is C24H24N2O. The molecule has 1 aromatic heterocycles. The highest BCUT2D eigenvalue weighted by molar-refractivity contribution is 5.94. The summed E-state index contributed by atoms with van der Waals surface area (Å²) >= 11 is 0. The predicted octanol–water partition coefficient (Wildman–Crippen LogP) is 4.69. The first-order valence-corrected chi connectivity index (χ1v) is 9.64. The van der Waals surface area contributed by atoms with Crippen molar-refractivity contribution in [3.63, 3.8) is 0 Å². The van der Waals surface area contributed by atoms with Crippen molar-refractivity contribution in [2.45, 2.75) is 25.2 Å². The second kappa shape index (κ2) is 8.17. The van der Waals surface area contributed by atoms with Gasteiger partial charge in [-0.2, -0.15) is 0 Å². The highest BCUT2D eigenvalue weighted by Gasteiger charge is 2.26. The molecule has 3 nitrogen and oxygen atoms in total. The average molecular weight is 356 g/mol. The Morgan fingerprint density at radius 2 is 1.67 bits per heavy atom. The summed E-state index contributed by atoms with van der Waals surface area (Å²) in [7, 11) is 0. The SMILES string of the molecule is O=C(c1ccccc1)N1CCC[C@H](c2cccc(Cc3ccccc3)n2)C1. The molecule has 0 N–H and O–H groups in total. The third-order valence-corrected chi connectivity index (χ3v) is 5.20. The molecule has 1 atom stereocenters. The van der Waals surface area contributed by atoms with Crippen LogP contribution in [0.15, 0.2) is 78.9 Å². The molecule has 3 heteroatoms. The number of amides is 1. The molecule has 3 aromatic rings. The summed E-state index contributed by atoms with van der Waals surface area (Å²) < 4.78 is 0.